The first-order valence-corrected chi connectivity index (χ1v) is 12.3. The molecule has 0 bridgehead atoms. The third-order valence-corrected chi connectivity index (χ3v) is 5.55. The number of ether oxygens (including phenoxy) is 3. The maximum atomic E-state index is 14.7. The predicted molar refractivity (Wildman–Crippen MR) is 130 cm³/mol. The van der Waals surface area contributed by atoms with Crippen LogP contribution >= 0.6 is 0 Å². The Kier molecular flexibility index (Phi) is 10.8. The van der Waals surface area contributed by atoms with Crippen molar-refractivity contribution in [3.8, 4) is 17.4 Å². The number of likely N-dealkylation sites (tertiary alicyclic amines) is 1. The van der Waals surface area contributed by atoms with E-state index in [2.05, 4.69) is 14.9 Å². The molecule has 1 saturated heterocycles. The van der Waals surface area contributed by atoms with Crippen molar-refractivity contribution >= 4 is 0 Å². The van der Waals surface area contributed by atoms with Crippen LogP contribution in [0.15, 0.2) is 18.2 Å². The van der Waals surface area contributed by atoms with Crippen molar-refractivity contribution in [2.75, 3.05) is 32.9 Å². The minimum Gasteiger partial charge on any atom is -0.493 e. The molecule has 2 unspecified atom stereocenters. The fraction of sp³-hybridized carbons (Fsp3) is 0.615. The number of halogens is 1. The molecule has 0 saturated carbocycles. The maximum Gasteiger partial charge on any atom is 0.257 e. The smallest absolute Gasteiger partial charge is 0.257 e. The van der Waals surface area contributed by atoms with Crippen molar-refractivity contribution in [2.45, 2.75) is 67.3 Å². The van der Waals surface area contributed by atoms with Gasteiger partial charge in [-0.25, -0.2) is 9.37 Å². The van der Waals surface area contributed by atoms with E-state index < -0.39 is 0 Å². The van der Waals surface area contributed by atoms with Crippen molar-refractivity contribution in [3.63, 3.8) is 0 Å². The number of piperidine rings is 1. The fourth-order valence-electron chi connectivity index (χ4n) is 4.11. The largest absolute Gasteiger partial charge is 0.493 e. The second kappa shape index (κ2) is 13.3. The number of pyridine rings is 2. The van der Waals surface area contributed by atoms with Crippen LogP contribution in [-0.4, -0.2) is 47.8 Å². The van der Waals surface area contributed by atoms with Gasteiger partial charge in [0.25, 0.3) is 5.88 Å². The molecule has 6 nitrogen and oxygen atoms in total. The number of aryl methyl sites for hydroxylation is 2. The second-order valence-electron chi connectivity index (χ2n) is 7.93. The number of nitrogens with zero attached hydrogens (tertiary/aromatic N) is 3. The highest BCUT2D eigenvalue weighted by atomic mass is 19.1. The zero-order valence-electron chi connectivity index (χ0n) is 21.3. The van der Waals surface area contributed by atoms with E-state index in [0.29, 0.717) is 43.1 Å². The molecule has 7 heteroatoms. The van der Waals surface area contributed by atoms with Crippen molar-refractivity contribution in [1.29, 1.82) is 0 Å². The zero-order chi connectivity index (χ0) is 24.4. The summed E-state index contributed by atoms with van der Waals surface area (Å²) in [4.78, 5) is 11.1. The Balaban J connectivity index is 0.000000914. The molecule has 184 valence electrons. The minimum atomic E-state index is -0.345. The van der Waals surface area contributed by atoms with Crippen molar-refractivity contribution in [3.05, 3.63) is 41.1 Å². The van der Waals surface area contributed by atoms with E-state index in [4.69, 9.17) is 14.2 Å². The van der Waals surface area contributed by atoms with Crippen LogP contribution in [0, 0.1) is 25.6 Å². The van der Waals surface area contributed by atoms with E-state index in [1.807, 2.05) is 60.6 Å². The topological polar surface area (TPSA) is 56.7 Å². The fourth-order valence-corrected chi connectivity index (χ4v) is 4.11. The number of rotatable bonds is 5. The van der Waals surface area contributed by atoms with Crippen LogP contribution in [0.4, 0.5) is 4.39 Å². The first kappa shape index (κ1) is 26.8. The SMILES string of the molecule is CC.CC.Cc1cc(OCC2CCCN(C(C)c3nc4c(cc3F)OCCO4)C2)cc(C)n1. The molecule has 0 radical (unpaired) electrons. The van der Waals surface area contributed by atoms with Crippen LogP contribution in [0.5, 0.6) is 17.4 Å². The summed E-state index contributed by atoms with van der Waals surface area (Å²) in [7, 11) is 0. The molecule has 4 rings (SSSR count). The van der Waals surface area contributed by atoms with E-state index in [-0.39, 0.29) is 11.9 Å². The Morgan fingerprint density at radius 1 is 1.06 bits per heavy atom. The van der Waals surface area contributed by atoms with Gasteiger partial charge in [0.2, 0.25) is 0 Å². The summed E-state index contributed by atoms with van der Waals surface area (Å²) in [5.41, 5.74) is 2.33. The van der Waals surface area contributed by atoms with E-state index in [1.165, 1.54) is 6.07 Å². The van der Waals surface area contributed by atoms with E-state index in [9.17, 15) is 4.39 Å². The molecular weight excluding hydrogens is 421 g/mol. The summed E-state index contributed by atoms with van der Waals surface area (Å²) in [6, 6.07) is 5.18. The Bertz CT molecular complexity index is 858. The predicted octanol–water partition coefficient (Wildman–Crippen LogP) is 5.91. The minimum absolute atomic E-state index is 0.140. The van der Waals surface area contributed by atoms with Crippen molar-refractivity contribution in [1.82, 2.24) is 14.9 Å². The summed E-state index contributed by atoms with van der Waals surface area (Å²) >= 11 is 0. The molecule has 0 N–H and O–H groups in total. The van der Waals surface area contributed by atoms with E-state index in [0.717, 1.165) is 43.1 Å². The lowest BCUT2D eigenvalue weighted by atomic mass is 9.97. The molecule has 2 aromatic heterocycles. The summed E-state index contributed by atoms with van der Waals surface area (Å²) in [6.45, 7) is 17.2. The van der Waals surface area contributed by atoms with Gasteiger partial charge in [0, 0.05) is 42.0 Å². The van der Waals surface area contributed by atoms with Crippen LogP contribution in [0.1, 0.15) is 70.6 Å². The first-order valence-electron chi connectivity index (χ1n) is 12.3. The number of aromatic nitrogens is 2. The van der Waals surface area contributed by atoms with Gasteiger partial charge in [0.15, 0.2) is 5.75 Å². The molecule has 33 heavy (non-hydrogen) atoms. The molecule has 0 aromatic carbocycles. The molecule has 0 amide bonds. The van der Waals surface area contributed by atoms with Gasteiger partial charge >= 0.3 is 0 Å². The molecule has 2 aliphatic heterocycles. The van der Waals surface area contributed by atoms with Crippen LogP contribution in [0.3, 0.4) is 0 Å². The highest BCUT2D eigenvalue weighted by molar-refractivity contribution is 5.37. The molecule has 0 spiro atoms. The van der Waals surface area contributed by atoms with Gasteiger partial charge < -0.3 is 14.2 Å². The van der Waals surface area contributed by atoms with Gasteiger partial charge in [-0.2, -0.15) is 0 Å². The standard InChI is InChI=1S/C22H28FN3O3.2C2H6/c1-14-9-18(10-15(2)24-14)29-13-17-5-4-6-26(12-17)16(3)21-19(23)11-20-22(25-21)28-8-7-27-20;2*1-2/h9-11,16-17H,4-8,12-13H2,1-3H3;2*1-2H3. The Hall–Kier alpha value is -2.41. The normalized spacial score (nSPS) is 18.2. The Morgan fingerprint density at radius 3 is 2.42 bits per heavy atom. The van der Waals surface area contributed by atoms with E-state index >= 15 is 0 Å². The molecule has 4 heterocycles. The first-order chi connectivity index (χ1) is 16.0. The molecule has 1 fully saturated rings. The zero-order valence-corrected chi connectivity index (χ0v) is 21.3. The maximum absolute atomic E-state index is 14.7. The number of fused-ring (bicyclic) bond motifs is 1. The second-order valence-corrected chi connectivity index (χ2v) is 7.93. The number of hydrogen-bond donors (Lipinski definition) is 0. The van der Waals surface area contributed by atoms with Gasteiger partial charge in [-0.15, -0.1) is 0 Å². The van der Waals surface area contributed by atoms with Crippen LogP contribution in [0.25, 0.3) is 0 Å². The third kappa shape index (κ3) is 7.29. The average molecular weight is 462 g/mol. The highest BCUT2D eigenvalue weighted by Crippen LogP contribution is 2.34. The monoisotopic (exact) mass is 461 g/mol. The average Bonchev–Trinajstić information content (AvgIpc) is 2.84. The summed E-state index contributed by atoms with van der Waals surface area (Å²) in [5.74, 6) is 1.68. The quantitative estimate of drug-likeness (QED) is 0.552. The van der Waals surface area contributed by atoms with Gasteiger partial charge in [-0.05, 0) is 40.2 Å². The van der Waals surface area contributed by atoms with E-state index in [1.54, 1.807) is 0 Å². The summed E-state index contributed by atoms with van der Waals surface area (Å²) in [5, 5.41) is 0. The molecule has 0 aliphatic carbocycles. The van der Waals surface area contributed by atoms with Crippen molar-refractivity contribution < 1.29 is 18.6 Å². The molecule has 2 aliphatic rings. The van der Waals surface area contributed by atoms with Gasteiger partial charge in [0.05, 0.1) is 18.3 Å². The van der Waals surface area contributed by atoms with Crippen molar-refractivity contribution in [2.24, 2.45) is 5.92 Å². The summed E-state index contributed by atoms with van der Waals surface area (Å²) < 4.78 is 31.7. The molecule has 2 aromatic rings. The molecule has 2 atom stereocenters. The summed E-state index contributed by atoms with van der Waals surface area (Å²) in [6.07, 6.45) is 2.16. The van der Waals surface area contributed by atoms with Crippen LogP contribution < -0.4 is 14.2 Å². The lowest BCUT2D eigenvalue weighted by Gasteiger charge is -2.36. The highest BCUT2D eigenvalue weighted by Gasteiger charge is 2.29. The van der Waals surface area contributed by atoms with Crippen LogP contribution in [0.2, 0.25) is 0 Å². The Morgan fingerprint density at radius 2 is 1.73 bits per heavy atom. The van der Waals surface area contributed by atoms with Gasteiger partial charge in [0.1, 0.15) is 24.8 Å². The Labute approximate surface area is 198 Å². The van der Waals surface area contributed by atoms with Gasteiger partial charge in [-0.3, -0.25) is 9.88 Å². The third-order valence-electron chi connectivity index (χ3n) is 5.55. The van der Waals surface area contributed by atoms with Gasteiger partial charge in [-0.1, -0.05) is 27.7 Å². The lowest BCUT2D eigenvalue weighted by molar-refractivity contribution is 0.0963. The number of hydrogen-bond acceptors (Lipinski definition) is 6. The lowest BCUT2D eigenvalue weighted by Crippen LogP contribution is -2.39. The molecular formula is C26H40FN3O3. The van der Waals surface area contributed by atoms with Crippen LogP contribution in [-0.2, 0) is 0 Å².